The van der Waals surface area contributed by atoms with Crippen LogP contribution in [0.2, 0.25) is 0 Å². The Morgan fingerprint density at radius 1 is 0.806 bits per heavy atom. The van der Waals surface area contributed by atoms with Crippen molar-refractivity contribution in [2.45, 2.75) is 0 Å². The van der Waals surface area contributed by atoms with Crippen LogP contribution in [-0.2, 0) is 4.79 Å². The second-order valence-corrected chi connectivity index (χ2v) is 7.52. The number of amides is 1. The molecule has 1 aliphatic rings. The average Bonchev–Trinajstić information content (AvgIpc) is 3.07. The van der Waals surface area contributed by atoms with Gasteiger partial charge in [0, 0.05) is 11.1 Å². The highest BCUT2D eigenvalue weighted by Crippen LogP contribution is 2.37. The fourth-order valence-electron chi connectivity index (χ4n) is 2.86. The number of carbonyl (C=O) groups is 1. The van der Waals surface area contributed by atoms with Crippen molar-refractivity contribution in [2.75, 3.05) is 4.90 Å². The van der Waals surface area contributed by atoms with Gasteiger partial charge in [0.1, 0.15) is 17.2 Å². The molecule has 1 saturated heterocycles. The Morgan fingerprint density at radius 2 is 1.42 bits per heavy atom. The first-order valence-corrected chi connectivity index (χ1v) is 10.0. The zero-order chi connectivity index (χ0) is 21.8. The number of amidine groups is 1. The highest BCUT2D eigenvalue weighted by molar-refractivity contribution is 8.19. The molecule has 0 atom stereocenters. The van der Waals surface area contributed by atoms with Crippen molar-refractivity contribution >= 4 is 40.8 Å². The van der Waals surface area contributed by atoms with Gasteiger partial charge in [0.05, 0.1) is 16.8 Å². The molecule has 0 unspecified atom stereocenters. The normalized spacial score (nSPS) is 16.6. The number of carbonyl (C=O) groups excluding carboxylic acids is 1. The van der Waals surface area contributed by atoms with Gasteiger partial charge >= 0.3 is 0 Å². The number of para-hydroxylation sites is 2. The number of aromatic hydroxyl groups is 3. The fourth-order valence-corrected chi connectivity index (χ4v) is 3.79. The molecule has 0 aromatic heterocycles. The van der Waals surface area contributed by atoms with Crippen LogP contribution in [0.3, 0.4) is 0 Å². The maximum absolute atomic E-state index is 13.1. The number of thioether (sulfide) groups is 1. The van der Waals surface area contributed by atoms with E-state index >= 15 is 0 Å². The Morgan fingerprint density at radius 3 is 2.06 bits per heavy atom. The number of phenols is 3. The summed E-state index contributed by atoms with van der Waals surface area (Å²) in [6, 6.07) is 19.5. The molecule has 0 spiro atoms. The maximum Gasteiger partial charge on any atom is 0.271 e. The molecule has 4 rings (SSSR count). The van der Waals surface area contributed by atoms with E-state index < -0.39 is 0 Å². The van der Waals surface area contributed by atoms with Crippen molar-refractivity contribution < 1.29 is 20.1 Å². The topological polar surface area (TPSA) is 106 Å². The highest BCUT2D eigenvalue weighted by Gasteiger charge is 2.35. The van der Waals surface area contributed by atoms with Gasteiger partial charge < -0.3 is 15.3 Å². The average molecular weight is 431 g/mol. The van der Waals surface area contributed by atoms with E-state index in [4.69, 9.17) is 0 Å². The SMILES string of the molecule is O=C1/C(=C/c2ccccc2O)S/C(=N/N=C\c2ccccc2O)N1c1ccc(O)cc1. The molecule has 31 heavy (non-hydrogen) atoms. The summed E-state index contributed by atoms with van der Waals surface area (Å²) in [6.07, 6.45) is 2.98. The van der Waals surface area contributed by atoms with Crippen molar-refractivity contribution in [3.63, 3.8) is 0 Å². The highest BCUT2D eigenvalue weighted by atomic mass is 32.2. The van der Waals surface area contributed by atoms with Crippen LogP contribution in [0.25, 0.3) is 6.08 Å². The molecular formula is C23H17N3O4S. The molecule has 3 aromatic rings. The molecular weight excluding hydrogens is 414 g/mol. The lowest BCUT2D eigenvalue weighted by molar-refractivity contribution is -0.113. The molecule has 0 saturated carbocycles. The summed E-state index contributed by atoms with van der Waals surface area (Å²) in [5, 5.41) is 38.0. The van der Waals surface area contributed by atoms with E-state index in [-0.39, 0.29) is 23.2 Å². The molecule has 1 amide bonds. The molecule has 7 nitrogen and oxygen atoms in total. The first-order valence-electron chi connectivity index (χ1n) is 9.23. The van der Waals surface area contributed by atoms with Gasteiger partial charge in [0.15, 0.2) is 0 Å². The van der Waals surface area contributed by atoms with E-state index in [9.17, 15) is 20.1 Å². The van der Waals surface area contributed by atoms with Crippen LogP contribution in [0.1, 0.15) is 11.1 Å². The lowest BCUT2D eigenvalue weighted by Crippen LogP contribution is -2.28. The molecule has 3 aromatic carbocycles. The predicted octanol–water partition coefficient (Wildman–Crippen LogP) is 4.31. The zero-order valence-electron chi connectivity index (χ0n) is 16.1. The molecule has 154 valence electrons. The summed E-state index contributed by atoms with van der Waals surface area (Å²) < 4.78 is 0. The van der Waals surface area contributed by atoms with Crippen molar-refractivity contribution in [3.05, 3.63) is 88.8 Å². The first-order chi connectivity index (χ1) is 15.0. The number of rotatable bonds is 4. The fraction of sp³-hybridized carbons (Fsp3) is 0. The van der Waals surface area contributed by atoms with E-state index in [2.05, 4.69) is 10.2 Å². The minimum atomic E-state index is -0.338. The molecule has 0 radical (unpaired) electrons. The van der Waals surface area contributed by atoms with Crippen molar-refractivity contribution in [3.8, 4) is 17.2 Å². The Bertz CT molecular complexity index is 1220. The zero-order valence-corrected chi connectivity index (χ0v) is 16.9. The number of hydrogen-bond donors (Lipinski definition) is 3. The Hall–Kier alpha value is -4.04. The molecule has 0 aliphatic carbocycles. The number of phenolic OH excluding ortho intramolecular Hbond substituents is 3. The smallest absolute Gasteiger partial charge is 0.271 e. The summed E-state index contributed by atoms with van der Waals surface area (Å²) in [6.45, 7) is 0. The van der Waals surface area contributed by atoms with E-state index in [1.54, 1.807) is 60.7 Å². The van der Waals surface area contributed by atoms with Crippen LogP contribution in [-0.4, -0.2) is 32.6 Å². The third-order valence-electron chi connectivity index (χ3n) is 4.41. The van der Waals surface area contributed by atoms with E-state index in [0.29, 0.717) is 26.9 Å². The largest absolute Gasteiger partial charge is 0.508 e. The molecule has 1 fully saturated rings. The quantitative estimate of drug-likeness (QED) is 0.324. The minimum absolute atomic E-state index is 0.0579. The second-order valence-electron chi connectivity index (χ2n) is 6.51. The van der Waals surface area contributed by atoms with Gasteiger partial charge in [-0.05, 0) is 60.3 Å². The van der Waals surface area contributed by atoms with E-state index in [0.717, 1.165) is 11.8 Å². The number of nitrogens with zero attached hydrogens (tertiary/aromatic N) is 3. The number of hydrogen-bond acceptors (Lipinski definition) is 7. The predicted molar refractivity (Wildman–Crippen MR) is 122 cm³/mol. The number of benzene rings is 3. The van der Waals surface area contributed by atoms with Gasteiger partial charge in [-0.2, -0.15) is 5.10 Å². The lowest BCUT2D eigenvalue weighted by atomic mass is 10.2. The summed E-state index contributed by atoms with van der Waals surface area (Å²) >= 11 is 1.11. The Balaban J connectivity index is 1.72. The van der Waals surface area contributed by atoms with Crippen molar-refractivity contribution in [1.29, 1.82) is 0 Å². The molecule has 1 aliphatic heterocycles. The van der Waals surface area contributed by atoms with Gasteiger partial charge in [-0.1, -0.05) is 30.3 Å². The maximum atomic E-state index is 13.1. The first kappa shape index (κ1) is 20.2. The summed E-state index contributed by atoms with van der Waals surface area (Å²) in [4.78, 5) is 14.9. The molecule has 3 N–H and O–H groups in total. The standard InChI is InChI=1S/C23H17N3O4S/c27-18-11-9-17(10-12-18)26-22(30)21(13-15-5-1-3-7-19(15)28)31-23(26)25-24-14-16-6-2-4-8-20(16)29/h1-14,27-29H/b21-13-,24-14-,25-23+. The van der Waals surface area contributed by atoms with Crippen LogP contribution in [0, 0.1) is 0 Å². The van der Waals surface area contributed by atoms with Gasteiger partial charge in [0.25, 0.3) is 5.91 Å². The van der Waals surface area contributed by atoms with E-state index in [1.165, 1.54) is 29.3 Å². The van der Waals surface area contributed by atoms with Crippen LogP contribution >= 0.6 is 11.8 Å². The third-order valence-corrected chi connectivity index (χ3v) is 5.37. The summed E-state index contributed by atoms with van der Waals surface area (Å²) in [7, 11) is 0. The van der Waals surface area contributed by atoms with Crippen molar-refractivity contribution in [2.24, 2.45) is 10.2 Å². The lowest BCUT2D eigenvalue weighted by Gasteiger charge is -2.14. The molecule has 1 heterocycles. The van der Waals surface area contributed by atoms with Crippen LogP contribution in [0.4, 0.5) is 5.69 Å². The monoisotopic (exact) mass is 431 g/mol. The summed E-state index contributed by atoms with van der Waals surface area (Å²) in [5.74, 6) is -0.140. The Labute approximate surface area is 182 Å². The minimum Gasteiger partial charge on any atom is -0.508 e. The van der Waals surface area contributed by atoms with Gasteiger partial charge in [0.2, 0.25) is 5.17 Å². The van der Waals surface area contributed by atoms with Crippen molar-refractivity contribution in [1.82, 2.24) is 0 Å². The van der Waals surface area contributed by atoms with E-state index in [1.807, 2.05) is 0 Å². The van der Waals surface area contributed by atoms with Gasteiger partial charge in [-0.15, -0.1) is 5.10 Å². The molecule has 8 heteroatoms. The molecule has 0 bridgehead atoms. The Kier molecular flexibility index (Phi) is 5.72. The van der Waals surface area contributed by atoms with Gasteiger partial charge in [-0.3, -0.25) is 9.69 Å². The van der Waals surface area contributed by atoms with Crippen LogP contribution in [0.15, 0.2) is 87.9 Å². The summed E-state index contributed by atoms with van der Waals surface area (Å²) in [5.41, 5.74) is 1.50. The number of anilines is 1. The van der Waals surface area contributed by atoms with Gasteiger partial charge in [-0.25, -0.2) is 0 Å². The van der Waals surface area contributed by atoms with Crippen LogP contribution in [0.5, 0.6) is 17.2 Å². The third kappa shape index (κ3) is 4.44. The second kappa shape index (κ2) is 8.76. The van der Waals surface area contributed by atoms with Crippen LogP contribution < -0.4 is 4.90 Å².